The number of aliphatic hydroxyl groups excluding tert-OH is 1. The van der Waals surface area contributed by atoms with Gasteiger partial charge in [-0.1, -0.05) is 175 Å². The molecule has 0 saturated heterocycles. The molecular weight excluding hydrogens is 604 g/mol. The lowest BCUT2D eigenvalue weighted by Gasteiger charge is -2.20. The van der Waals surface area contributed by atoms with Gasteiger partial charge in [0, 0.05) is 19.4 Å². The molecule has 0 aliphatic carbocycles. The van der Waals surface area contributed by atoms with Crippen molar-refractivity contribution in [3.63, 3.8) is 0 Å². The van der Waals surface area contributed by atoms with Crippen molar-refractivity contribution < 1.29 is 33.7 Å². The second-order valence-electron chi connectivity index (χ2n) is 14.2. The summed E-state index contributed by atoms with van der Waals surface area (Å²) in [5, 5.41) is 9.09. The van der Waals surface area contributed by atoms with Crippen molar-refractivity contribution in [2.45, 2.75) is 219 Å². The molecular formula is C41H78O7. The van der Waals surface area contributed by atoms with Crippen LogP contribution in [0.4, 0.5) is 0 Å². The van der Waals surface area contributed by atoms with E-state index in [1.165, 1.54) is 128 Å². The Hall–Kier alpha value is -1.63. The number of rotatable bonds is 37. The zero-order valence-electron chi connectivity index (χ0n) is 31.9. The van der Waals surface area contributed by atoms with Gasteiger partial charge in [0.15, 0.2) is 6.10 Å². The Morgan fingerprint density at radius 1 is 0.479 bits per heavy atom. The van der Waals surface area contributed by atoms with Crippen LogP contribution in [0.25, 0.3) is 0 Å². The minimum absolute atomic E-state index is 0.00859. The second-order valence-corrected chi connectivity index (χ2v) is 14.2. The highest BCUT2D eigenvalue weighted by Gasteiger charge is 2.23. The molecule has 0 spiro atoms. The predicted octanol–water partition coefficient (Wildman–Crippen LogP) is 11.4. The fourth-order valence-corrected chi connectivity index (χ4v) is 6.00. The molecule has 284 valence electrons. The van der Waals surface area contributed by atoms with E-state index in [-0.39, 0.29) is 31.8 Å². The van der Waals surface area contributed by atoms with Crippen LogP contribution in [-0.4, -0.2) is 48.9 Å². The molecule has 1 N–H and O–H groups in total. The number of esters is 3. The molecule has 0 rings (SSSR count). The quantitative estimate of drug-likeness (QED) is 0.0395. The lowest BCUT2D eigenvalue weighted by molar-refractivity contribution is -0.169. The smallest absolute Gasteiger partial charge is 0.309 e. The van der Waals surface area contributed by atoms with E-state index in [0.717, 1.165) is 38.5 Å². The molecule has 0 bridgehead atoms. The van der Waals surface area contributed by atoms with Gasteiger partial charge in [-0.2, -0.15) is 0 Å². The van der Waals surface area contributed by atoms with Crippen molar-refractivity contribution in [3.05, 3.63) is 0 Å². The fourth-order valence-electron chi connectivity index (χ4n) is 6.00. The van der Waals surface area contributed by atoms with E-state index in [1.54, 1.807) is 6.92 Å². The summed E-state index contributed by atoms with van der Waals surface area (Å²) in [4.78, 5) is 37.4. The Morgan fingerprint density at radius 3 is 1.10 bits per heavy atom. The summed E-state index contributed by atoms with van der Waals surface area (Å²) in [7, 11) is 0. The summed E-state index contributed by atoms with van der Waals surface area (Å²) >= 11 is 0. The van der Waals surface area contributed by atoms with Crippen LogP contribution in [0.2, 0.25) is 0 Å². The Balaban J connectivity index is 4.17. The molecule has 0 aromatic rings. The van der Waals surface area contributed by atoms with E-state index < -0.39 is 18.0 Å². The number of aliphatic hydroxyl groups is 1. The third-order valence-electron chi connectivity index (χ3n) is 9.31. The summed E-state index contributed by atoms with van der Waals surface area (Å²) in [5.41, 5.74) is 0. The molecule has 0 saturated carbocycles. The summed E-state index contributed by atoms with van der Waals surface area (Å²) in [6.45, 7) is 6.02. The van der Waals surface area contributed by atoms with E-state index in [0.29, 0.717) is 25.7 Å². The van der Waals surface area contributed by atoms with E-state index in [1.807, 2.05) is 0 Å². The van der Waals surface area contributed by atoms with Crippen LogP contribution >= 0.6 is 0 Å². The highest BCUT2D eigenvalue weighted by atomic mass is 16.6. The van der Waals surface area contributed by atoms with Crippen LogP contribution in [0, 0.1) is 5.92 Å². The molecule has 0 amide bonds. The van der Waals surface area contributed by atoms with Gasteiger partial charge in [-0.3, -0.25) is 14.4 Å². The standard InChI is InChI=1S/C41H78O7/c1-4-6-8-10-12-14-16-18-20-22-24-26-28-32-39(43)46-35-38(48-41(45)37(3)31-30-34-42)36-47-40(44)33-29-27-25-23-21-19-17-15-13-11-9-7-5-2/h37-38,42H,4-36H2,1-3H3. The van der Waals surface area contributed by atoms with Crippen molar-refractivity contribution in [1.29, 1.82) is 0 Å². The molecule has 0 aliphatic rings. The summed E-state index contributed by atoms with van der Waals surface area (Å²) in [6.07, 6.45) is 33.2. The summed E-state index contributed by atoms with van der Waals surface area (Å²) in [6, 6.07) is 0. The lowest BCUT2D eigenvalue weighted by Crippen LogP contribution is -2.32. The minimum atomic E-state index is -0.833. The molecule has 48 heavy (non-hydrogen) atoms. The maximum Gasteiger partial charge on any atom is 0.309 e. The summed E-state index contributed by atoms with van der Waals surface area (Å²) in [5.74, 6) is -1.47. The van der Waals surface area contributed by atoms with Gasteiger partial charge in [0.2, 0.25) is 0 Å². The van der Waals surface area contributed by atoms with Gasteiger partial charge < -0.3 is 19.3 Å². The average molecular weight is 683 g/mol. The number of hydrogen-bond donors (Lipinski definition) is 1. The molecule has 0 fully saturated rings. The second kappa shape index (κ2) is 36.6. The largest absolute Gasteiger partial charge is 0.462 e. The van der Waals surface area contributed by atoms with Crippen molar-refractivity contribution in [1.82, 2.24) is 0 Å². The van der Waals surface area contributed by atoms with Crippen molar-refractivity contribution in [2.24, 2.45) is 5.92 Å². The zero-order valence-corrected chi connectivity index (χ0v) is 31.9. The maximum atomic E-state index is 12.6. The van der Waals surface area contributed by atoms with Gasteiger partial charge >= 0.3 is 17.9 Å². The van der Waals surface area contributed by atoms with Gasteiger partial charge in [0.25, 0.3) is 0 Å². The third kappa shape index (κ3) is 32.9. The van der Waals surface area contributed by atoms with E-state index in [9.17, 15) is 14.4 Å². The van der Waals surface area contributed by atoms with Crippen LogP contribution in [0.5, 0.6) is 0 Å². The molecule has 7 heteroatoms. The van der Waals surface area contributed by atoms with E-state index >= 15 is 0 Å². The lowest BCUT2D eigenvalue weighted by atomic mass is 10.0. The minimum Gasteiger partial charge on any atom is -0.462 e. The highest BCUT2D eigenvalue weighted by molar-refractivity contribution is 5.72. The third-order valence-corrected chi connectivity index (χ3v) is 9.31. The Morgan fingerprint density at radius 2 is 0.792 bits per heavy atom. The first-order valence-corrected chi connectivity index (χ1v) is 20.6. The van der Waals surface area contributed by atoms with Gasteiger partial charge in [-0.05, 0) is 25.7 Å². The van der Waals surface area contributed by atoms with Gasteiger partial charge in [0.05, 0.1) is 5.92 Å². The Labute approximate surface area is 296 Å². The number of carbonyl (C=O) groups excluding carboxylic acids is 3. The first-order chi connectivity index (χ1) is 23.4. The number of hydrogen-bond acceptors (Lipinski definition) is 7. The van der Waals surface area contributed by atoms with Crippen LogP contribution in [0.1, 0.15) is 213 Å². The Bertz CT molecular complexity index is 680. The van der Waals surface area contributed by atoms with Gasteiger partial charge in [-0.25, -0.2) is 0 Å². The average Bonchev–Trinajstić information content (AvgIpc) is 3.08. The number of unbranched alkanes of at least 4 members (excludes halogenated alkanes) is 24. The van der Waals surface area contributed by atoms with Crippen molar-refractivity contribution in [2.75, 3.05) is 19.8 Å². The molecule has 0 aromatic carbocycles. The molecule has 7 nitrogen and oxygen atoms in total. The number of ether oxygens (including phenoxy) is 3. The van der Waals surface area contributed by atoms with Crippen LogP contribution < -0.4 is 0 Å². The van der Waals surface area contributed by atoms with Crippen LogP contribution in [-0.2, 0) is 28.6 Å². The first kappa shape index (κ1) is 46.4. The molecule has 1 unspecified atom stereocenters. The predicted molar refractivity (Wildman–Crippen MR) is 198 cm³/mol. The molecule has 0 aromatic heterocycles. The molecule has 0 heterocycles. The van der Waals surface area contributed by atoms with Crippen molar-refractivity contribution in [3.8, 4) is 0 Å². The molecule has 0 aliphatic heterocycles. The highest BCUT2D eigenvalue weighted by Crippen LogP contribution is 2.16. The summed E-state index contributed by atoms with van der Waals surface area (Å²) < 4.78 is 16.5. The van der Waals surface area contributed by atoms with E-state index in [4.69, 9.17) is 19.3 Å². The molecule has 1 atom stereocenters. The SMILES string of the molecule is CCCCCCCCCCCCCCCC(=O)OCC(COC(=O)CCCCCCCCCCCCCCC)OC(=O)C(C)CCCO. The fraction of sp³-hybridized carbons (Fsp3) is 0.927. The normalized spacial score (nSPS) is 11.9. The number of carbonyl (C=O) groups is 3. The Kier molecular flexibility index (Phi) is 35.4. The molecule has 0 radical (unpaired) electrons. The van der Waals surface area contributed by atoms with Crippen LogP contribution in [0.3, 0.4) is 0 Å². The topological polar surface area (TPSA) is 99.1 Å². The van der Waals surface area contributed by atoms with Crippen molar-refractivity contribution >= 4 is 17.9 Å². The van der Waals surface area contributed by atoms with E-state index in [2.05, 4.69) is 13.8 Å². The van der Waals surface area contributed by atoms with Gasteiger partial charge in [-0.15, -0.1) is 0 Å². The van der Waals surface area contributed by atoms with Gasteiger partial charge in [0.1, 0.15) is 13.2 Å². The maximum absolute atomic E-state index is 12.6. The monoisotopic (exact) mass is 683 g/mol. The first-order valence-electron chi connectivity index (χ1n) is 20.6. The van der Waals surface area contributed by atoms with Crippen LogP contribution in [0.15, 0.2) is 0 Å². The zero-order chi connectivity index (χ0) is 35.3.